The molecule has 1 aromatic carbocycles. The zero-order chi connectivity index (χ0) is 13.1. The number of thiophene rings is 1. The number of hydrogen-bond donors (Lipinski definition) is 1. The molecule has 2 N–H and O–H groups in total. The van der Waals surface area contributed by atoms with Crippen LogP contribution in [0.5, 0.6) is 0 Å². The van der Waals surface area contributed by atoms with Crippen LogP contribution in [0.15, 0.2) is 53.9 Å². The van der Waals surface area contributed by atoms with E-state index in [0.29, 0.717) is 6.54 Å². The second kappa shape index (κ2) is 5.38. The molecule has 0 aliphatic carbocycles. The molecule has 2 aromatic heterocycles. The van der Waals surface area contributed by atoms with Crippen LogP contribution in [0.25, 0.3) is 16.3 Å². The van der Waals surface area contributed by atoms with E-state index in [1.807, 2.05) is 22.9 Å². The van der Waals surface area contributed by atoms with Gasteiger partial charge in [-0.2, -0.15) is 5.10 Å². The maximum Gasteiger partial charge on any atom is 0.0843 e. The van der Waals surface area contributed by atoms with Gasteiger partial charge in [-0.3, -0.25) is 0 Å². The zero-order valence-corrected chi connectivity index (χ0v) is 11.3. The van der Waals surface area contributed by atoms with E-state index in [-0.39, 0.29) is 0 Å². The van der Waals surface area contributed by atoms with E-state index in [4.69, 9.17) is 5.73 Å². The highest BCUT2D eigenvalue weighted by atomic mass is 32.1. The third kappa shape index (κ3) is 2.45. The lowest BCUT2D eigenvalue weighted by molar-refractivity contribution is 0.826. The van der Waals surface area contributed by atoms with Gasteiger partial charge in [0.15, 0.2) is 0 Å². The maximum atomic E-state index is 5.63. The van der Waals surface area contributed by atoms with Crippen LogP contribution in [-0.4, -0.2) is 16.3 Å². The molecule has 0 radical (unpaired) electrons. The van der Waals surface area contributed by atoms with Gasteiger partial charge in [0.25, 0.3) is 0 Å². The Kier molecular flexibility index (Phi) is 3.44. The fourth-order valence-electron chi connectivity index (χ4n) is 2.07. The van der Waals surface area contributed by atoms with E-state index in [1.54, 1.807) is 11.3 Å². The summed E-state index contributed by atoms with van der Waals surface area (Å²) in [5, 5.41) is 6.75. The molecule has 0 fully saturated rings. The number of hydrogen-bond acceptors (Lipinski definition) is 3. The average molecular weight is 269 g/mol. The fourth-order valence-corrected chi connectivity index (χ4v) is 2.79. The summed E-state index contributed by atoms with van der Waals surface area (Å²) in [6.07, 6.45) is 0.804. The van der Waals surface area contributed by atoms with E-state index in [1.165, 1.54) is 4.88 Å². The van der Waals surface area contributed by atoms with Gasteiger partial charge in [-0.05, 0) is 36.2 Å². The summed E-state index contributed by atoms with van der Waals surface area (Å²) in [6, 6.07) is 16.5. The summed E-state index contributed by atoms with van der Waals surface area (Å²) < 4.78 is 2.00. The molecule has 96 valence electrons. The van der Waals surface area contributed by atoms with Crippen LogP contribution in [0.1, 0.15) is 5.69 Å². The first kappa shape index (κ1) is 12.1. The molecule has 19 heavy (non-hydrogen) atoms. The third-order valence-electron chi connectivity index (χ3n) is 2.93. The van der Waals surface area contributed by atoms with Crippen molar-refractivity contribution in [3.8, 4) is 16.3 Å². The summed E-state index contributed by atoms with van der Waals surface area (Å²) in [7, 11) is 0. The normalized spacial score (nSPS) is 10.8. The highest BCUT2D eigenvalue weighted by Crippen LogP contribution is 2.27. The van der Waals surface area contributed by atoms with Crippen molar-refractivity contribution in [3.05, 3.63) is 59.6 Å². The van der Waals surface area contributed by atoms with E-state index >= 15 is 0 Å². The average Bonchev–Trinajstić information content (AvgIpc) is 3.08. The van der Waals surface area contributed by atoms with Crippen molar-refractivity contribution >= 4 is 11.3 Å². The Hall–Kier alpha value is -1.91. The monoisotopic (exact) mass is 269 g/mol. The molecule has 0 bridgehead atoms. The highest BCUT2D eigenvalue weighted by Gasteiger charge is 2.11. The molecule has 0 aliphatic heterocycles. The van der Waals surface area contributed by atoms with Crippen LogP contribution >= 0.6 is 11.3 Å². The van der Waals surface area contributed by atoms with Crippen LogP contribution in [-0.2, 0) is 6.42 Å². The van der Waals surface area contributed by atoms with E-state index in [0.717, 1.165) is 23.5 Å². The molecule has 2 heterocycles. The Balaban J connectivity index is 2.12. The Morgan fingerprint density at radius 1 is 1.11 bits per heavy atom. The minimum atomic E-state index is 0.621. The molecule has 3 rings (SSSR count). The fraction of sp³-hybridized carbons (Fsp3) is 0.133. The van der Waals surface area contributed by atoms with Crippen LogP contribution in [0.3, 0.4) is 0 Å². The number of nitrogens with zero attached hydrogens (tertiary/aromatic N) is 2. The third-order valence-corrected chi connectivity index (χ3v) is 3.83. The molecule has 3 nitrogen and oxygen atoms in total. The van der Waals surface area contributed by atoms with Crippen molar-refractivity contribution in [2.45, 2.75) is 6.42 Å². The first-order valence-corrected chi connectivity index (χ1v) is 7.15. The minimum Gasteiger partial charge on any atom is -0.330 e. The largest absolute Gasteiger partial charge is 0.330 e. The Bertz CT molecular complexity index is 641. The molecule has 0 saturated carbocycles. The number of rotatable bonds is 4. The number of nitrogens with two attached hydrogens (primary N) is 1. The smallest absolute Gasteiger partial charge is 0.0843 e. The predicted molar refractivity (Wildman–Crippen MR) is 79.6 cm³/mol. The molecule has 0 unspecified atom stereocenters. The van der Waals surface area contributed by atoms with E-state index < -0.39 is 0 Å². The van der Waals surface area contributed by atoms with Gasteiger partial charge < -0.3 is 5.73 Å². The Morgan fingerprint density at radius 2 is 1.95 bits per heavy atom. The Labute approximate surface area is 116 Å². The molecule has 0 saturated heterocycles. The van der Waals surface area contributed by atoms with Crippen LogP contribution in [0.4, 0.5) is 0 Å². The van der Waals surface area contributed by atoms with Gasteiger partial charge >= 0.3 is 0 Å². The zero-order valence-electron chi connectivity index (χ0n) is 10.5. The standard InChI is InChI=1S/C15H15N3S/c16-9-8-12-11-14(15-7-4-10-19-15)18(17-12)13-5-2-1-3-6-13/h1-7,10-11H,8-9,16H2. The highest BCUT2D eigenvalue weighted by molar-refractivity contribution is 7.13. The topological polar surface area (TPSA) is 43.8 Å². The first-order valence-electron chi connectivity index (χ1n) is 6.27. The lowest BCUT2D eigenvalue weighted by atomic mass is 10.2. The second-order valence-electron chi connectivity index (χ2n) is 4.28. The molecule has 3 aromatic rings. The van der Waals surface area contributed by atoms with E-state index in [2.05, 4.69) is 40.8 Å². The van der Waals surface area contributed by atoms with Gasteiger partial charge in [0, 0.05) is 6.42 Å². The van der Waals surface area contributed by atoms with Crippen molar-refractivity contribution < 1.29 is 0 Å². The van der Waals surface area contributed by atoms with Gasteiger partial charge in [-0.25, -0.2) is 4.68 Å². The van der Waals surface area contributed by atoms with Crippen molar-refractivity contribution in [2.24, 2.45) is 5.73 Å². The second-order valence-corrected chi connectivity index (χ2v) is 5.23. The number of para-hydroxylation sites is 1. The lowest BCUT2D eigenvalue weighted by Crippen LogP contribution is -2.04. The molecular formula is C15H15N3S. The minimum absolute atomic E-state index is 0.621. The summed E-state index contributed by atoms with van der Waals surface area (Å²) in [5.74, 6) is 0. The molecular weight excluding hydrogens is 254 g/mol. The van der Waals surface area contributed by atoms with Gasteiger partial charge in [-0.1, -0.05) is 24.3 Å². The van der Waals surface area contributed by atoms with Crippen LogP contribution < -0.4 is 5.73 Å². The summed E-state index contributed by atoms with van der Waals surface area (Å²) >= 11 is 1.72. The SMILES string of the molecule is NCCc1cc(-c2cccs2)n(-c2ccccc2)n1. The van der Waals surface area contributed by atoms with Crippen molar-refractivity contribution in [1.29, 1.82) is 0 Å². The van der Waals surface area contributed by atoms with E-state index in [9.17, 15) is 0 Å². The van der Waals surface area contributed by atoms with Crippen molar-refractivity contribution in [1.82, 2.24) is 9.78 Å². The van der Waals surface area contributed by atoms with Gasteiger partial charge in [0.2, 0.25) is 0 Å². The van der Waals surface area contributed by atoms with Gasteiger partial charge in [-0.15, -0.1) is 11.3 Å². The van der Waals surface area contributed by atoms with Crippen LogP contribution in [0.2, 0.25) is 0 Å². The molecule has 4 heteroatoms. The van der Waals surface area contributed by atoms with Crippen LogP contribution in [0, 0.1) is 0 Å². The first-order chi connectivity index (χ1) is 9.38. The molecule has 0 amide bonds. The lowest BCUT2D eigenvalue weighted by Gasteiger charge is -2.05. The van der Waals surface area contributed by atoms with Crippen molar-refractivity contribution in [2.75, 3.05) is 6.54 Å². The summed E-state index contributed by atoms with van der Waals surface area (Å²) in [4.78, 5) is 1.22. The molecule has 0 spiro atoms. The quantitative estimate of drug-likeness (QED) is 0.791. The van der Waals surface area contributed by atoms with Gasteiger partial charge in [0.05, 0.1) is 22.0 Å². The predicted octanol–water partition coefficient (Wildman–Crippen LogP) is 3.10. The summed E-state index contributed by atoms with van der Waals surface area (Å²) in [5.41, 5.74) is 8.87. The number of aromatic nitrogens is 2. The summed E-state index contributed by atoms with van der Waals surface area (Å²) in [6.45, 7) is 0.621. The van der Waals surface area contributed by atoms with Gasteiger partial charge in [0.1, 0.15) is 0 Å². The van der Waals surface area contributed by atoms with Crippen molar-refractivity contribution in [3.63, 3.8) is 0 Å². The maximum absolute atomic E-state index is 5.63. The Morgan fingerprint density at radius 3 is 2.63 bits per heavy atom. The molecule has 0 atom stereocenters. The molecule has 0 aliphatic rings. The number of benzene rings is 1.